The van der Waals surface area contributed by atoms with Gasteiger partial charge >= 0.3 is 0 Å². The lowest BCUT2D eigenvalue weighted by molar-refractivity contribution is 0.0882. The third kappa shape index (κ3) is 5.17. The van der Waals surface area contributed by atoms with Gasteiger partial charge in [-0.15, -0.1) is 12.4 Å². The molecule has 4 N–H and O–H groups in total. The molecule has 0 aromatic heterocycles. The van der Waals surface area contributed by atoms with Crippen LogP contribution in [0.1, 0.15) is 49.5 Å². The molecular formula is C17H28ClN3O3S. The predicted octanol–water partition coefficient (Wildman–Crippen LogP) is 1.96. The first-order valence-corrected chi connectivity index (χ1v) is 9.73. The van der Waals surface area contributed by atoms with Crippen LogP contribution in [0.3, 0.4) is 0 Å². The molecule has 1 aromatic rings. The number of nitrogens with two attached hydrogens (primary N) is 1. The molecule has 1 aliphatic carbocycles. The summed E-state index contributed by atoms with van der Waals surface area (Å²) < 4.78 is 27.3. The second-order valence-electron chi connectivity index (χ2n) is 7.10. The highest BCUT2D eigenvalue weighted by atomic mass is 35.5. The van der Waals surface area contributed by atoms with Crippen LogP contribution in [0.2, 0.25) is 0 Å². The van der Waals surface area contributed by atoms with Crippen molar-refractivity contribution >= 4 is 28.3 Å². The van der Waals surface area contributed by atoms with Gasteiger partial charge in [0.15, 0.2) is 0 Å². The van der Waals surface area contributed by atoms with Crippen LogP contribution in [-0.2, 0) is 10.0 Å². The lowest BCUT2D eigenvalue weighted by atomic mass is 9.88. The van der Waals surface area contributed by atoms with Crippen molar-refractivity contribution in [3.63, 3.8) is 0 Å². The lowest BCUT2D eigenvalue weighted by Gasteiger charge is -2.33. The van der Waals surface area contributed by atoms with E-state index < -0.39 is 15.6 Å². The number of benzene rings is 1. The molecule has 142 valence electrons. The van der Waals surface area contributed by atoms with Crippen molar-refractivity contribution in [2.45, 2.75) is 57.0 Å². The van der Waals surface area contributed by atoms with Gasteiger partial charge in [-0.2, -0.15) is 0 Å². The van der Waals surface area contributed by atoms with E-state index in [1.54, 1.807) is 13.0 Å². The molecule has 0 radical (unpaired) electrons. The first kappa shape index (κ1) is 21.9. The zero-order valence-electron chi connectivity index (χ0n) is 15.1. The van der Waals surface area contributed by atoms with Crippen LogP contribution in [0, 0.1) is 12.8 Å². The molecule has 1 saturated carbocycles. The molecule has 0 aliphatic heterocycles. The third-order valence-corrected chi connectivity index (χ3v) is 6.28. The minimum atomic E-state index is -3.59. The summed E-state index contributed by atoms with van der Waals surface area (Å²) in [4.78, 5) is 12.8. The van der Waals surface area contributed by atoms with Crippen molar-refractivity contribution < 1.29 is 13.2 Å². The van der Waals surface area contributed by atoms with E-state index in [-0.39, 0.29) is 35.2 Å². The third-order valence-electron chi connectivity index (χ3n) is 4.76. The number of carbonyl (C=O) groups is 1. The van der Waals surface area contributed by atoms with Crippen molar-refractivity contribution in [3.05, 3.63) is 29.3 Å². The number of rotatable bonds is 7. The van der Waals surface area contributed by atoms with E-state index in [0.29, 0.717) is 12.1 Å². The number of nitrogens with one attached hydrogen (secondary N) is 2. The number of amides is 1. The maximum atomic E-state index is 12.7. The summed E-state index contributed by atoms with van der Waals surface area (Å²) in [5.74, 6) is -0.159. The number of hydrogen-bond donors (Lipinski definition) is 3. The van der Waals surface area contributed by atoms with Crippen molar-refractivity contribution in [1.82, 2.24) is 10.0 Å². The normalized spacial score (nSPS) is 16.9. The Hall–Kier alpha value is -1.15. The Balaban J connectivity index is 0.00000312. The number of aryl methyl sites for hydroxylation is 1. The molecular weight excluding hydrogens is 362 g/mol. The van der Waals surface area contributed by atoms with Crippen LogP contribution in [0.15, 0.2) is 23.1 Å². The molecule has 6 nitrogen and oxygen atoms in total. The Morgan fingerprint density at radius 3 is 2.44 bits per heavy atom. The Kier molecular flexibility index (Phi) is 7.03. The van der Waals surface area contributed by atoms with E-state index in [1.807, 2.05) is 20.8 Å². The minimum absolute atomic E-state index is 0. The molecule has 0 spiro atoms. The second-order valence-corrected chi connectivity index (χ2v) is 8.82. The molecule has 0 bridgehead atoms. The Morgan fingerprint density at radius 2 is 1.96 bits per heavy atom. The first-order chi connectivity index (χ1) is 11.1. The summed E-state index contributed by atoms with van der Waals surface area (Å²) in [5.41, 5.74) is 6.34. The highest BCUT2D eigenvalue weighted by molar-refractivity contribution is 7.89. The van der Waals surface area contributed by atoms with Crippen molar-refractivity contribution in [3.8, 4) is 0 Å². The summed E-state index contributed by atoms with van der Waals surface area (Å²) >= 11 is 0. The lowest BCUT2D eigenvalue weighted by Crippen LogP contribution is -2.55. The van der Waals surface area contributed by atoms with Crippen LogP contribution < -0.4 is 15.8 Å². The topological polar surface area (TPSA) is 101 Å². The summed E-state index contributed by atoms with van der Waals surface area (Å²) in [5, 5.41) is 2.95. The van der Waals surface area contributed by atoms with Gasteiger partial charge in [0.1, 0.15) is 0 Å². The van der Waals surface area contributed by atoms with Crippen LogP contribution in [0.4, 0.5) is 0 Å². The predicted molar refractivity (Wildman–Crippen MR) is 102 cm³/mol. The molecule has 1 fully saturated rings. The van der Waals surface area contributed by atoms with Gasteiger partial charge in [-0.25, -0.2) is 13.1 Å². The average Bonchev–Trinajstić information content (AvgIpc) is 3.30. The minimum Gasteiger partial charge on any atom is -0.345 e. The van der Waals surface area contributed by atoms with Crippen molar-refractivity contribution in [2.75, 3.05) is 6.54 Å². The van der Waals surface area contributed by atoms with Crippen molar-refractivity contribution in [1.29, 1.82) is 0 Å². The molecule has 25 heavy (non-hydrogen) atoms. The fourth-order valence-electron chi connectivity index (χ4n) is 2.26. The second kappa shape index (κ2) is 8.03. The summed E-state index contributed by atoms with van der Waals surface area (Å²) in [6.07, 6.45) is 1.73. The van der Waals surface area contributed by atoms with Gasteiger partial charge in [-0.05, 0) is 50.3 Å². The van der Waals surface area contributed by atoms with E-state index in [2.05, 4.69) is 10.0 Å². The number of hydrogen-bond acceptors (Lipinski definition) is 4. The van der Waals surface area contributed by atoms with Crippen LogP contribution >= 0.6 is 12.4 Å². The SMILES string of the molecule is Cc1ccc(S(=O)(=O)NC2CC2)cc1C(=O)NC(C)(CN)C(C)C.Cl. The van der Waals surface area contributed by atoms with E-state index >= 15 is 0 Å². The van der Waals surface area contributed by atoms with Gasteiger partial charge in [-0.3, -0.25) is 4.79 Å². The first-order valence-electron chi connectivity index (χ1n) is 8.24. The Bertz CT molecular complexity index is 733. The number of carbonyl (C=O) groups excluding carboxylic acids is 1. The average molecular weight is 390 g/mol. The van der Waals surface area contributed by atoms with E-state index in [0.717, 1.165) is 18.4 Å². The van der Waals surface area contributed by atoms with Gasteiger partial charge in [0.2, 0.25) is 10.0 Å². The molecule has 8 heteroatoms. The zero-order chi connectivity index (χ0) is 18.1. The highest BCUT2D eigenvalue weighted by Crippen LogP contribution is 2.24. The molecule has 1 aliphatic rings. The van der Waals surface area contributed by atoms with Crippen LogP contribution in [-0.4, -0.2) is 32.5 Å². The molecule has 1 unspecified atom stereocenters. The summed E-state index contributed by atoms with van der Waals surface area (Å²) in [6, 6.07) is 4.65. The molecule has 1 atom stereocenters. The van der Waals surface area contributed by atoms with Gasteiger partial charge in [0.25, 0.3) is 5.91 Å². The monoisotopic (exact) mass is 389 g/mol. The maximum absolute atomic E-state index is 12.7. The molecule has 0 saturated heterocycles. The smallest absolute Gasteiger partial charge is 0.252 e. The van der Waals surface area contributed by atoms with Gasteiger partial charge in [0.05, 0.1) is 10.4 Å². The Labute approximate surface area is 156 Å². The van der Waals surface area contributed by atoms with E-state index in [9.17, 15) is 13.2 Å². The summed E-state index contributed by atoms with van der Waals surface area (Å²) in [7, 11) is -3.59. The van der Waals surface area contributed by atoms with Crippen molar-refractivity contribution in [2.24, 2.45) is 11.7 Å². The van der Waals surface area contributed by atoms with Gasteiger partial charge < -0.3 is 11.1 Å². The zero-order valence-corrected chi connectivity index (χ0v) is 16.8. The molecule has 2 rings (SSSR count). The molecule has 0 heterocycles. The van der Waals surface area contributed by atoms with E-state index in [1.165, 1.54) is 12.1 Å². The number of sulfonamides is 1. The fourth-order valence-corrected chi connectivity index (χ4v) is 3.59. The van der Waals surface area contributed by atoms with Gasteiger partial charge in [-0.1, -0.05) is 19.9 Å². The van der Waals surface area contributed by atoms with Crippen LogP contribution in [0.5, 0.6) is 0 Å². The Morgan fingerprint density at radius 1 is 1.36 bits per heavy atom. The van der Waals surface area contributed by atoms with Gasteiger partial charge in [0, 0.05) is 18.2 Å². The maximum Gasteiger partial charge on any atom is 0.252 e. The molecule has 1 aromatic carbocycles. The quantitative estimate of drug-likeness (QED) is 0.663. The summed E-state index contributed by atoms with van der Waals surface area (Å²) in [6.45, 7) is 7.95. The largest absolute Gasteiger partial charge is 0.345 e. The van der Waals surface area contributed by atoms with Crippen LogP contribution in [0.25, 0.3) is 0 Å². The molecule has 1 amide bonds. The fraction of sp³-hybridized carbons (Fsp3) is 0.588. The number of halogens is 1. The standard InChI is InChI=1S/C17H27N3O3S.ClH/c1-11(2)17(4,10-18)19-16(21)15-9-14(8-5-12(15)3)24(22,23)20-13-6-7-13;/h5,8-9,11,13,20H,6-7,10,18H2,1-4H3,(H,19,21);1H. The highest BCUT2D eigenvalue weighted by Gasteiger charge is 2.31. The van der Waals surface area contributed by atoms with E-state index in [4.69, 9.17) is 5.73 Å².